The van der Waals surface area contributed by atoms with Crippen LogP contribution in [0.2, 0.25) is 0 Å². The number of nitrogens with one attached hydrogen (secondary N) is 1. The molecule has 0 unspecified atom stereocenters. The highest BCUT2D eigenvalue weighted by atomic mass is 16.6. The largest absolute Gasteiger partial charge is 0.454 e. The molecule has 0 aliphatic rings. The smallest absolute Gasteiger partial charge is 0.376 e. The Balaban J connectivity index is 4.57. The number of esters is 1. The highest BCUT2D eigenvalue weighted by Crippen LogP contribution is 2.11. The molecule has 0 fully saturated rings. The van der Waals surface area contributed by atoms with Crippen LogP contribution < -0.4 is 5.32 Å². The summed E-state index contributed by atoms with van der Waals surface area (Å²) in [5.74, 6) is -0.852. The van der Waals surface area contributed by atoms with E-state index in [1.54, 1.807) is 20.8 Å². The van der Waals surface area contributed by atoms with Crippen molar-refractivity contribution in [2.24, 2.45) is 5.92 Å². The molecule has 0 radical (unpaired) electrons. The number of carbonyl (C=O) groups is 2. The first-order valence-corrected chi connectivity index (χ1v) is 6.68. The van der Waals surface area contributed by atoms with Crippen molar-refractivity contribution in [2.75, 3.05) is 6.54 Å². The normalized spacial score (nSPS) is 13.5. The van der Waals surface area contributed by atoms with E-state index in [2.05, 4.69) is 5.32 Å². The van der Waals surface area contributed by atoms with Gasteiger partial charge in [-0.15, -0.1) is 0 Å². The Labute approximate surface area is 110 Å². The number of Topliss-reactive ketones (excluding diaryl/α,β-unsaturated/α-hetero) is 1. The number of ether oxygens (including phenoxy) is 1. The molecule has 0 aliphatic carbocycles. The van der Waals surface area contributed by atoms with Crippen molar-refractivity contribution in [1.82, 2.24) is 5.32 Å². The molecule has 4 heteroatoms. The Morgan fingerprint density at radius 1 is 1.22 bits per heavy atom. The summed E-state index contributed by atoms with van der Waals surface area (Å²) in [4.78, 5) is 23.8. The maximum atomic E-state index is 12.0. The van der Waals surface area contributed by atoms with Crippen LogP contribution in [-0.4, -0.2) is 29.9 Å². The van der Waals surface area contributed by atoms with Gasteiger partial charge in [-0.1, -0.05) is 20.8 Å². The van der Waals surface area contributed by atoms with Gasteiger partial charge >= 0.3 is 5.97 Å². The molecule has 0 aromatic heterocycles. The Morgan fingerprint density at radius 2 is 1.78 bits per heavy atom. The zero-order valence-corrected chi connectivity index (χ0v) is 12.5. The van der Waals surface area contributed by atoms with Crippen molar-refractivity contribution < 1.29 is 14.3 Å². The van der Waals surface area contributed by atoms with Crippen LogP contribution in [-0.2, 0) is 14.3 Å². The summed E-state index contributed by atoms with van der Waals surface area (Å²) in [6, 6.07) is -0.431. The summed E-state index contributed by atoms with van der Waals surface area (Å²) in [5.41, 5.74) is -0.625. The Kier molecular flexibility index (Phi) is 7.14. The minimum Gasteiger partial charge on any atom is -0.454 e. The summed E-state index contributed by atoms with van der Waals surface area (Å²) in [6.45, 7) is 12.1. The second kappa shape index (κ2) is 7.52. The first-order chi connectivity index (χ1) is 8.17. The van der Waals surface area contributed by atoms with Gasteiger partial charge in [0.05, 0.1) is 6.04 Å². The van der Waals surface area contributed by atoms with Gasteiger partial charge in [-0.3, -0.25) is 4.79 Å². The molecule has 4 nitrogen and oxygen atoms in total. The fraction of sp³-hybridized carbons (Fsp3) is 0.857. The van der Waals surface area contributed by atoms with Crippen LogP contribution in [0.5, 0.6) is 0 Å². The second-order valence-corrected chi connectivity index (χ2v) is 6.00. The van der Waals surface area contributed by atoms with Crippen LogP contribution in [0.3, 0.4) is 0 Å². The molecule has 0 aromatic carbocycles. The molecule has 0 heterocycles. The lowest BCUT2D eigenvalue weighted by atomic mass is 10.00. The third kappa shape index (κ3) is 7.43. The first-order valence-electron chi connectivity index (χ1n) is 6.68. The standard InChI is InChI=1S/C14H27NO3/c1-7-8-15-11(9-10(2)3)12(16)13(17)18-14(4,5)6/h10-11,15H,7-9H2,1-6H3/t11-/m0/s1. The molecule has 0 rings (SSSR count). The van der Waals surface area contributed by atoms with E-state index in [0.29, 0.717) is 12.3 Å². The highest BCUT2D eigenvalue weighted by Gasteiger charge is 2.29. The summed E-state index contributed by atoms with van der Waals surface area (Å²) in [7, 11) is 0. The van der Waals surface area contributed by atoms with Crippen LogP contribution in [0.15, 0.2) is 0 Å². The van der Waals surface area contributed by atoms with Gasteiger partial charge in [-0.2, -0.15) is 0 Å². The van der Waals surface area contributed by atoms with E-state index in [4.69, 9.17) is 4.74 Å². The first kappa shape index (κ1) is 17.1. The second-order valence-electron chi connectivity index (χ2n) is 6.00. The van der Waals surface area contributed by atoms with Gasteiger partial charge in [0.2, 0.25) is 0 Å². The van der Waals surface area contributed by atoms with E-state index in [-0.39, 0.29) is 0 Å². The summed E-state index contributed by atoms with van der Waals surface area (Å²) in [5, 5.41) is 3.12. The van der Waals surface area contributed by atoms with E-state index in [1.165, 1.54) is 0 Å². The molecule has 1 N–H and O–H groups in total. The van der Waals surface area contributed by atoms with Crippen molar-refractivity contribution in [3.05, 3.63) is 0 Å². The van der Waals surface area contributed by atoms with Crippen molar-refractivity contribution in [1.29, 1.82) is 0 Å². The van der Waals surface area contributed by atoms with Gasteiger partial charge in [0.1, 0.15) is 5.60 Å². The van der Waals surface area contributed by atoms with E-state index < -0.39 is 23.4 Å². The predicted molar refractivity (Wildman–Crippen MR) is 72.4 cm³/mol. The summed E-state index contributed by atoms with van der Waals surface area (Å²) >= 11 is 0. The fourth-order valence-electron chi connectivity index (χ4n) is 1.54. The molecule has 0 amide bonds. The van der Waals surface area contributed by atoms with Gasteiger partial charge < -0.3 is 10.1 Å². The third-order valence-corrected chi connectivity index (χ3v) is 2.26. The van der Waals surface area contributed by atoms with Crippen LogP contribution >= 0.6 is 0 Å². The molecule has 0 spiro atoms. The lowest BCUT2D eigenvalue weighted by Crippen LogP contribution is -2.44. The summed E-state index contributed by atoms with van der Waals surface area (Å²) in [6.07, 6.45) is 1.58. The molecular formula is C14H27NO3. The molecule has 0 aliphatic heterocycles. The molecule has 0 saturated heterocycles. The van der Waals surface area contributed by atoms with E-state index in [1.807, 2.05) is 20.8 Å². The molecular weight excluding hydrogens is 230 g/mol. The Hall–Kier alpha value is -0.900. The maximum Gasteiger partial charge on any atom is 0.376 e. The Morgan fingerprint density at radius 3 is 2.17 bits per heavy atom. The highest BCUT2D eigenvalue weighted by molar-refractivity contribution is 6.35. The fourth-order valence-corrected chi connectivity index (χ4v) is 1.54. The van der Waals surface area contributed by atoms with Gasteiger partial charge in [0.15, 0.2) is 0 Å². The Bertz CT molecular complexity index is 279. The number of rotatable bonds is 7. The van der Waals surface area contributed by atoms with Crippen LogP contribution in [0.4, 0.5) is 0 Å². The molecule has 18 heavy (non-hydrogen) atoms. The van der Waals surface area contributed by atoms with Crippen molar-refractivity contribution in [2.45, 2.75) is 66.0 Å². The average Bonchev–Trinajstić information content (AvgIpc) is 2.20. The summed E-state index contributed by atoms with van der Waals surface area (Å²) < 4.78 is 5.11. The van der Waals surface area contributed by atoms with E-state index in [9.17, 15) is 9.59 Å². The zero-order chi connectivity index (χ0) is 14.3. The predicted octanol–water partition coefficient (Wildman–Crippen LogP) is 2.31. The minimum absolute atomic E-state index is 0.353. The quantitative estimate of drug-likeness (QED) is 0.561. The van der Waals surface area contributed by atoms with Crippen molar-refractivity contribution in [3.63, 3.8) is 0 Å². The van der Waals surface area contributed by atoms with Crippen molar-refractivity contribution >= 4 is 11.8 Å². The zero-order valence-electron chi connectivity index (χ0n) is 12.5. The van der Waals surface area contributed by atoms with E-state index in [0.717, 1.165) is 13.0 Å². The SMILES string of the molecule is CCCN[C@@H](CC(C)C)C(=O)C(=O)OC(C)(C)C. The molecule has 0 saturated carbocycles. The molecule has 106 valence electrons. The topological polar surface area (TPSA) is 55.4 Å². The van der Waals surface area contributed by atoms with Gasteiger partial charge in [-0.25, -0.2) is 4.79 Å². The van der Waals surface area contributed by atoms with E-state index >= 15 is 0 Å². The third-order valence-electron chi connectivity index (χ3n) is 2.26. The van der Waals surface area contributed by atoms with Gasteiger partial charge in [0.25, 0.3) is 5.78 Å². The molecule has 1 atom stereocenters. The lowest BCUT2D eigenvalue weighted by Gasteiger charge is -2.22. The number of ketones is 1. The van der Waals surface area contributed by atoms with Gasteiger partial charge in [-0.05, 0) is 46.1 Å². The van der Waals surface area contributed by atoms with Gasteiger partial charge in [0, 0.05) is 0 Å². The maximum absolute atomic E-state index is 12.0. The minimum atomic E-state index is -0.739. The van der Waals surface area contributed by atoms with Crippen LogP contribution in [0.25, 0.3) is 0 Å². The van der Waals surface area contributed by atoms with Crippen molar-refractivity contribution in [3.8, 4) is 0 Å². The van der Waals surface area contributed by atoms with Crippen LogP contribution in [0, 0.1) is 5.92 Å². The number of hydrogen-bond acceptors (Lipinski definition) is 4. The molecule has 0 bridgehead atoms. The number of carbonyl (C=O) groups excluding carboxylic acids is 2. The lowest BCUT2D eigenvalue weighted by molar-refractivity contribution is -0.163. The number of hydrogen-bond donors (Lipinski definition) is 1. The molecule has 0 aromatic rings. The van der Waals surface area contributed by atoms with Crippen LogP contribution in [0.1, 0.15) is 54.4 Å². The monoisotopic (exact) mass is 257 g/mol. The average molecular weight is 257 g/mol.